The van der Waals surface area contributed by atoms with Gasteiger partial charge in [0.1, 0.15) is 11.6 Å². The first-order valence-electron chi connectivity index (χ1n) is 6.31. The van der Waals surface area contributed by atoms with Crippen LogP contribution in [0.5, 0.6) is 0 Å². The molecule has 0 saturated carbocycles. The predicted molar refractivity (Wildman–Crippen MR) is 70.0 cm³/mol. The monoisotopic (exact) mass is 253 g/mol. The van der Waals surface area contributed by atoms with E-state index in [-0.39, 0.29) is 0 Å². The van der Waals surface area contributed by atoms with E-state index in [1.165, 1.54) is 0 Å². The summed E-state index contributed by atoms with van der Waals surface area (Å²) in [6, 6.07) is -0.682. The van der Waals surface area contributed by atoms with Crippen LogP contribution in [0.4, 0.5) is 0 Å². The van der Waals surface area contributed by atoms with Crippen molar-refractivity contribution in [1.29, 1.82) is 0 Å². The van der Waals surface area contributed by atoms with Crippen molar-refractivity contribution < 1.29 is 9.53 Å². The molecule has 0 amide bonds. The van der Waals surface area contributed by atoms with Gasteiger partial charge in [-0.25, -0.2) is 0 Å². The topological polar surface area (TPSA) is 70.1 Å². The summed E-state index contributed by atoms with van der Waals surface area (Å²) in [6.07, 6.45) is 5.80. The molecule has 102 valence electrons. The molecule has 0 fully saturated rings. The number of nitrogens with two attached hydrogens (primary N) is 1. The number of hydrogen-bond acceptors (Lipinski definition) is 4. The highest BCUT2D eigenvalue weighted by molar-refractivity contribution is 5.75. The van der Waals surface area contributed by atoms with E-state index in [9.17, 15) is 4.79 Å². The number of nitrogens with zero attached hydrogens (tertiary/aromatic N) is 2. The Morgan fingerprint density at radius 3 is 2.78 bits per heavy atom. The van der Waals surface area contributed by atoms with Crippen LogP contribution in [0.2, 0.25) is 0 Å². The molecule has 0 spiro atoms. The van der Waals surface area contributed by atoms with Crippen LogP contribution < -0.4 is 5.73 Å². The minimum absolute atomic E-state index is 0.346. The van der Waals surface area contributed by atoms with E-state index in [4.69, 9.17) is 10.5 Å². The van der Waals surface area contributed by atoms with Gasteiger partial charge in [0.2, 0.25) is 0 Å². The number of ether oxygens (including phenoxy) is 1. The summed E-state index contributed by atoms with van der Waals surface area (Å²) in [4.78, 5) is 11.7. The first-order chi connectivity index (χ1) is 8.31. The Morgan fingerprint density at radius 2 is 2.22 bits per heavy atom. The lowest BCUT2D eigenvalue weighted by molar-refractivity contribution is -0.156. The Bertz CT molecular complexity index is 393. The molecule has 5 heteroatoms. The predicted octanol–water partition coefficient (Wildman–Crippen LogP) is 1.50. The molecule has 0 bridgehead atoms. The van der Waals surface area contributed by atoms with Crippen molar-refractivity contribution in [2.24, 2.45) is 5.73 Å². The van der Waals surface area contributed by atoms with Gasteiger partial charge in [0, 0.05) is 6.20 Å². The second-order valence-corrected chi connectivity index (χ2v) is 5.46. The van der Waals surface area contributed by atoms with Gasteiger partial charge in [-0.3, -0.25) is 9.48 Å². The van der Waals surface area contributed by atoms with Crippen LogP contribution in [-0.2, 0) is 22.5 Å². The normalized spacial score (nSPS) is 13.4. The summed E-state index contributed by atoms with van der Waals surface area (Å²) in [5, 5.41) is 4.18. The van der Waals surface area contributed by atoms with Gasteiger partial charge < -0.3 is 10.5 Å². The van der Waals surface area contributed by atoms with E-state index in [1.807, 2.05) is 33.2 Å². The maximum Gasteiger partial charge on any atom is 0.325 e. The van der Waals surface area contributed by atoms with Gasteiger partial charge in [0.15, 0.2) is 0 Å². The summed E-state index contributed by atoms with van der Waals surface area (Å²) < 4.78 is 6.91. The number of aryl methyl sites for hydroxylation is 1. The van der Waals surface area contributed by atoms with Crippen molar-refractivity contribution >= 4 is 5.97 Å². The summed E-state index contributed by atoms with van der Waals surface area (Å²) in [5.74, 6) is -0.393. The van der Waals surface area contributed by atoms with Gasteiger partial charge in [-0.15, -0.1) is 0 Å². The van der Waals surface area contributed by atoms with Crippen LogP contribution in [-0.4, -0.2) is 27.4 Å². The fourth-order valence-corrected chi connectivity index (χ4v) is 1.58. The Hall–Kier alpha value is -1.36. The quantitative estimate of drug-likeness (QED) is 0.807. The number of hydrogen-bond donors (Lipinski definition) is 1. The molecular weight excluding hydrogens is 230 g/mol. The van der Waals surface area contributed by atoms with E-state index in [0.717, 1.165) is 18.4 Å². The molecule has 1 atom stereocenters. The smallest absolute Gasteiger partial charge is 0.325 e. The second-order valence-electron chi connectivity index (χ2n) is 5.46. The van der Waals surface area contributed by atoms with Gasteiger partial charge in [-0.05, 0) is 32.8 Å². The van der Waals surface area contributed by atoms with E-state index in [0.29, 0.717) is 6.54 Å². The highest BCUT2D eigenvalue weighted by Crippen LogP contribution is 2.09. The second kappa shape index (κ2) is 6.00. The van der Waals surface area contributed by atoms with Crippen LogP contribution in [0, 0.1) is 0 Å². The first kappa shape index (κ1) is 14.7. The summed E-state index contributed by atoms with van der Waals surface area (Å²) in [7, 11) is 0. The third-order valence-electron chi connectivity index (χ3n) is 2.32. The first-order valence-corrected chi connectivity index (χ1v) is 6.31. The molecule has 0 saturated heterocycles. The molecule has 0 radical (unpaired) electrons. The Labute approximate surface area is 108 Å². The zero-order valence-corrected chi connectivity index (χ0v) is 11.6. The van der Waals surface area contributed by atoms with Gasteiger partial charge >= 0.3 is 5.97 Å². The minimum Gasteiger partial charge on any atom is -0.459 e. The maximum atomic E-state index is 11.7. The highest BCUT2D eigenvalue weighted by Gasteiger charge is 2.22. The summed E-state index contributed by atoms with van der Waals surface area (Å²) in [6.45, 7) is 7.93. The summed E-state index contributed by atoms with van der Waals surface area (Å²) >= 11 is 0. The van der Waals surface area contributed by atoms with Crippen molar-refractivity contribution in [2.45, 2.75) is 58.7 Å². The lowest BCUT2D eigenvalue weighted by Gasteiger charge is -2.22. The van der Waals surface area contributed by atoms with Crippen LogP contribution in [0.15, 0.2) is 12.4 Å². The van der Waals surface area contributed by atoms with Crippen molar-refractivity contribution in [3.63, 3.8) is 0 Å². The lowest BCUT2D eigenvalue weighted by Crippen LogP contribution is -2.40. The molecular formula is C13H23N3O2. The van der Waals surface area contributed by atoms with Gasteiger partial charge in [0.05, 0.1) is 12.7 Å². The number of esters is 1. The SMILES string of the molecule is CCCc1cnn(CC(N)C(=O)OC(C)(C)C)c1. The van der Waals surface area contributed by atoms with E-state index in [2.05, 4.69) is 12.0 Å². The lowest BCUT2D eigenvalue weighted by atomic mass is 10.2. The molecule has 1 unspecified atom stereocenters. The molecule has 2 N–H and O–H groups in total. The zero-order valence-electron chi connectivity index (χ0n) is 11.6. The molecule has 5 nitrogen and oxygen atoms in total. The van der Waals surface area contributed by atoms with E-state index < -0.39 is 17.6 Å². The van der Waals surface area contributed by atoms with Gasteiger partial charge in [0.25, 0.3) is 0 Å². The highest BCUT2D eigenvalue weighted by atomic mass is 16.6. The van der Waals surface area contributed by atoms with Crippen LogP contribution in [0.3, 0.4) is 0 Å². The Morgan fingerprint density at radius 1 is 1.56 bits per heavy atom. The number of aromatic nitrogens is 2. The molecule has 1 aromatic heterocycles. The van der Waals surface area contributed by atoms with Gasteiger partial charge in [-0.1, -0.05) is 13.3 Å². The molecule has 0 aliphatic heterocycles. The molecule has 0 aliphatic carbocycles. The molecule has 1 heterocycles. The van der Waals surface area contributed by atoms with Crippen molar-refractivity contribution in [2.75, 3.05) is 0 Å². The van der Waals surface area contributed by atoms with Crippen LogP contribution >= 0.6 is 0 Å². The van der Waals surface area contributed by atoms with Gasteiger partial charge in [-0.2, -0.15) is 5.10 Å². The van der Waals surface area contributed by atoms with E-state index >= 15 is 0 Å². The molecule has 1 rings (SSSR count). The van der Waals surface area contributed by atoms with Crippen LogP contribution in [0.1, 0.15) is 39.7 Å². The van der Waals surface area contributed by atoms with Crippen LogP contribution in [0.25, 0.3) is 0 Å². The third-order valence-corrected chi connectivity index (χ3v) is 2.32. The average Bonchev–Trinajstić information content (AvgIpc) is 2.63. The molecule has 1 aromatic rings. The van der Waals surface area contributed by atoms with E-state index in [1.54, 1.807) is 4.68 Å². The molecule has 0 aromatic carbocycles. The number of rotatable bonds is 5. The molecule has 0 aliphatic rings. The van der Waals surface area contributed by atoms with Crippen molar-refractivity contribution in [1.82, 2.24) is 9.78 Å². The third kappa shape index (κ3) is 4.87. The average molecular weight is 253 g/mol. The van der Waals surface area contributed by atoms with Crippen molar-refractivity contribution in [3.8, 4) is 0 Å². The Kier molecular flexibility index (Phi) is 4.90. The zero-order chi connectivity index (χ0) is 13.8. The number of carbonyl (C=O) groups is 1. The largest absolute Gasteiger partial charge is 0.459 e. The fourth-order valence-electron chi connectivity index (χ4n) is 1.58. The number of carbonyl (C=O) groups excluding carboxylic acids is 1. The minimum atomic E-state index is -0.682. The standard InChI is InChI=1S/C13H23N3O2/c1-5-6-10-7-15-16(8-10)9-11(14)12(17)18-13(2,3)4/h7-8,11H,5-6,9,14H2,1-4H3. The molecule has 18 heavy (non-hydrogen) atoms. The van der Waals surface area contributed by atoms with Crippen molar-refractivity contribution in [3.05, 3.63) is 18.0 Å². The summed E-state index contributed by atoms with van der Waals surface area (Å²) in [5.41, 5.74) is 6.46. The fraction of sp³-hybridized carbons (Fsp3) is 0.692. The maximum absolute atomic E-state index is 11.7. The Balaban J connectivity index is 2.52.